The van der Waals surface area contributed by atoms with Crippen LogP contribution in [0.1, 0.15) is 33.3 Å². The van der Waals surface area contributed by atoms with Crippen molar-refractivity contribution in [3.63, 3.8) is 0 Å². The Bertz CT molecular complexity index is 791. The molecular formula is C14H12N4O5. The molecule has 0 spiro atoms. The van der Waals surface area contributed by atoms with E-state index in [-0.39, 0.29) is 23.2 Å². The first-order valence-electron chi connectivity index (χ1n) is 6.79. The molecule has 1 aliphatic rings. The molecule has 118 valence electrons. The zero-order valence-corrected chi connectivity index (χ0v) is 12.0. The Morgan fingerprint density at radius 3 is 2.30 bits per heavy atom. The Labute approximate surface area is 129 Å². The van der Waals surface area contributed by atoms with E-state index in [1.165, 1.54) is 25.3 Å². The van der Waals surface area contributed by atoms with Gasteiger partial charge in [-0.2, -0.15) is 0 Å². The molecule has 1 aromatic heterocycles. The van der Waals surface area contributed by atoms with Crippen molar-refractivity contribution in [1.29, 1.82) is 0 Å². The average Bonchev–Trinajstić information content (AvgIpc) is 3.00. The molecule has 2 amide bonds. The van der Waals surface area contributed by atoms with Crippen LogP contribution in [0.15, 0.2) is 30.5 Å². The van der Waals surface area contributed by atoms with Crippen LogP contribution < -0.4 is 5.01 Å². The van der Waals surface area contributed by atoms with E-state index in [0.717, 1.165) is 4.68 Å². The summed E-state index contributed by atoms with van der Waals surface area (Å²) in [5.41, 5.74) is 0.535. The molecule has 0 radical (unpaired) electrons. The number of hydrogen-bond donors (Lipinski definition) is 1. The summed E-state index contributed by atoms with van der Waals surface area (Å²) in [7, 11) is 0. The Balaban J connectivity index is 2.16. The van der Waals surface area contributed by atoms with Gasteiger partial charge in [0, 0.05) is 6.42 Å². The van der Waals surface area contributed by atoms with Crippen LogP contribution in [0.2, 0.25) is 0 Å². The molecular weight excluding hydrogens is 304 g/mol. The van der Waals surface area contributed by atoms with Crippen molar-refractivity contribution in [2.45, 2.75) is 19.4 Å². The molecule has 0 bridgehead atoms. The fourth-order valence-electron chi connectivity index (χ4n) is 2.51. The normalized spacial score (nSPS) is 15.0. The van der Waals surface area contributed by atoms with Gasteiger partial charge in [-0.05, 0) is 24.0 Å². The number of aromatic nitrogens is 2. The number of carbonyl (C=O) groups excluding carboxylic acids is 2. The minimum Gasteiger partial charge on any atom is -0.393 e. The largest absolute Gasteiger partial charge is 0.457 e. The van der Waals surface area contributed by atoms with E-state index in [2.05, 4.69) is 4.98 Å². The molecule has 1 unspecified atom stereocenters. The number of imide groups is 1. The van der Waals surface area contributed by atoms with Crippen molar-refractivity contribution < 1.29 is 19.6 Å². The number of aliphatic hydroxyl groups excluding tert-OH is 1. The lowest BCUT2D eigenvalue weighted by Gasteiger charge is -2.14. The summed E-state index contributed by atoms with van der Waals surface area (Å²) < 4.78 is 0.859. The van der Waals surface area contributed by atoms with Gasteiger partial charge in [0.1, 0.15) is 11.9 Å². The van der Waals surface area contributed by atoms with E-state index in [4.69, 9.17) is 0 Å². The summed E-state index contributed by atoms with van der Waals surface area (Å²) in [4.78, 5) is 39.0. The van der Waals surface area contributed by atoms with Crippen molar-refractivity contribution in [2.24, 2.45) is 0 Å². The average molecular weight is 316 g/mol. The predicted octanol–water partition coefficient (Wildman–Crippen LogP) is 0.647. The van der Waals surface area contributed by atoms with Crippen LogP contribution in [0.4, 0.5) is 5.95 Å². The molecule has 3 rings (SSSR count). The Morgan fingerprint density at radius 2 is 1.83 bits per heavy atom. The lowest BCUT2D eigenvalue weighted by molar-refractivity contribution is -0.396. The van der Waals surface area contributed by atoms with Gasteiger partial charge >= 0.3 is 5.95 Å². The fourth-order valence-corrected chi connectivity index (χ4v) is 2.51. The third kappa shape index (κ3) is 2.27. The molecule has 23 heavy (non-hydrogen) atoms. The second kappa shape index (κ2) is 5.29. The van der Waals surface area contributed by atoms with Gasteiger partial charge in [-0.1, -0.05) is 17.1 Å². The molecule has 2 aromatic rings. The standard InChI is InChI=1S/C14H12N4O5/c1-8(19)6-9-7-15-14(18(22)23)16(9)17-12(20)10-4-2-3-5-11(10)13(17)21/h2-5,7-8,19H,6H2,1H3. The van der Waals surface area contributed by atoms with Gasteiger partial charge in [-0.3, -0.25) is 9.59 Å². The van der Waals surface area contributed by atoms with Gasteiger partial charge in [-0.25, -0.2) is 0 Å². The third-order valence-corrected chi connectivity index (χ3v) is 3.43. The number of hydrogen-bond acceptors (Lipinski definition) is 6. The Morgan fingerprint density at radius 1 is 1.26 bits per heavy atom. The summed E-state index contributed by atoms with van der Waals surface area (Å²) in [6.45, 7) is 1.49. The van der Waals surface area contributed by atoms with E-state index >= 15 is 0 Å². The maximum atomic E-state index is 12.5. The van der Waals surface area contributed by atoms with Crippen LogP contribution in [-0.2, 0) is 6.42 Å². The molecule has 0 saturated heterocycles. The number of fused-ring (bicyclic) bond motifs is 1. The lowest BCUT2D eigenvalue weighted by Crippen LogP contribution is -2.41. The number of benzene rings is 1. The van der Waals surface area contributed by atoms with Crippen molar-refractivity contribution in [1.82, 2.24) is 9.66 Å². The van der Waals surface area contributed by atoms with E-state index in [1.807, 2.05) is 0 Å². The number of nitro groups is 1. The summed E-state index contributed by atoms with van der Waals surface area (Å²) >= 11 is 0. The Kier molecular flexibility index (Phi) is 3.41. The summed E-state index contributed by atoms with van der Waals surface area (Å²) in [6.07, 6.45) is 0.364. The molecule has 9 heteroatoms. The van der Waals surface area contributed by atoms with Gasteiger partial charge in [0.15, 0.2) is 0 Å². The highest BCUT2D eigenvalue weighted by atomic mass is 16.6. The zero-order chi connectivity index (χ0) is 16.7. The maximum absolute atomic E-state index is 12.5. The SMILES string of the molecule is CC(O)Cc1cnc([N+](=O)[O-])n1N1C(=O)c2ccccc2C1=O. The number of aliphatic hydroxyl groups is 1. The van der Waals surface area contributed by atoms with Gasteiger partial charge in [-0.15, -0.1) is 9.69 Å². The first-order valence-corrected chi connectivity index (χ1v) is 6.79. The van der Waals surface area contributed by atoms with Crippen molar-refractivity contribution in [3.8, 4) is 0 Å². The smallest absolute Gasteiger partial charge is 0.393 e. The van der Waals surface area contributed by atoms with Gasteiger partial charge in [0.2, 0.25) is 0 Å². The van der Waals surface area contributed by atoms with E-state index in [1.54, 1.807) is 12.1 Å². The molecule has 0 aliphatic carbocycles. The van der Waals surface area contributed by atoms with E-state index in [9.17, 15) is 24.8 Å². The number of imidazole rings is 1. The van der Waals surface area contributed by atoms with Crippen LogP contribution in [-0.4, -0.2) is 37.6 Å². The quantitative estimate of drug-likeness (QED) is 0.502. The summed E-state index contributed by atoms with van der Waals surface area (Å²) in [6, 6.07) is 6.17. The van der Waals surface area contributed by atoms with Crippen molar-refractivity contribution in [3.05, 3.63) is 57.4 Å². The number of carbonyl (C=O) groups is 2. The summed E-state index contributed by atoms with van der Waals surface area (Å²) in [5.74, 6) is -1.99. The number of nitrogens with zero attached hydrogens (tertiary/aromatic N) is 4. The monoisotopic (exact) mass is 316 g/mol. The van der Waals surface area contributed by atoms with Crippen LogP contribution in [0.25, 0.3) is 0 Å². The molecule has 0 saturated carbocycles. The van der Waals surface area contributed by atoms with Crippen molar-refractivity contribution >= 4 is 17.8 Å². The highest BCUT2D eigenvalue weighted by Gasteiger charge is 2.43. The second-order valence-electron chi connectivity index (χ2n) is 5.14. The van der Waals surface area contributed by atoms with E-state index < -0.39 is 28.8 Å². The van der Waals surface area contributed by atoms with Crippen LogP contribution >= 0.6 is 0 Å². The predicted molar refractivity (Wildman–Crippen MR) is 77.6 cm³/mol. The van der Waals surface area contributed by atoms with Gasteiger partial charge < -0.3 is 15.2 Å². The van der Waals surface area contributed by atoms with Gasteiger partial charge in [0.25, 0.3) is 11.8 Å². The van der Waals surface area contributed by atoms with Gasteiger partial charge in [0.05, 0.1) is 17.2 Å². The highest BCUT2D eigenvalue weighted by Crippen LogP contribution is 2.25. The molecule has 1 N–H and O–H groups in total. The van der Waals surface area contributed by atoms with E-state index in [0.29, 0.717) is 5.01 Å². The second-order valence-corrected chi connectivity index (χ2v) is 5.14. The van der Waals surface area contributed by atoms with Crippen LogP contribution in [0.5, 0.6) is 0 Å². The molecule has 1 aliphatic heterocycles. The molecule has 1 aromatic carbocycles. The first kappa shape index (κ1) is 14.9. The minimum atomic E-state index is -0.819. The minimum absolute atomic E-state index is 0.00818. The molecule has 2 heterocycles. The first-order chi connectivity index (χ1) is 10.9. The van der Waals surface area contributed by atoms with Crippen LogP contribution in [0.3, 0.4) is 0 Å². The number of rotatable bonds is 4. The molecule has 9 nitrogen and oxygen atoms in total. The third-order valence-electron chi connectivity index (χ3n) is 3.43. The fraction of sp³-hybridized carbons (Fsp3) is 0.214. The molecule has 0 fully saturated rings. The topological polar surface area (TPSA) is 119 Å². The van der Waals surface area contributed by atoms with Crippen LogP contribution in [0, 0.1) is 10.1 Å². The Hall–Kier alpha value is -3.07. The van der Waals surface area contributed by atoms with Crippen molar-refractivity contribution in [2.75, 3.05) is 5.01 Å². The zero-order valence-electron chi connectivity index (χ0n) is 12.0. The molecule has 1 atom stereocenters. The highest BCUT2D eigenvalue weighted by molar-refractivity contribution is 6.30. The number of amides is 2. The maximum Gasteiger partial charge on any atom is 0.457 e. The lowest BCUT2D eigenvalue weighted by atomic mass is 10.1. The summed E-state index contributed by atoms with van der Waals surface area (Å²) in [5, 5.41) is 21.4.